The Labute approximate surface area is 183 Å². The summed E-state index contributed by atoms with van der Waals surface area (Å²) in [5.41, 5.74) is 8.84. The van der Waals surface area contributed by atoms with Gasteiger partial charge in [0.25, 0.3) is 0 Å². The van der Waals surface area contributed by atoms with E-state index in [9.17, 15) is 0 Å². The van der Waals surface area contributed by atoms with E-state index in [1.54, 1.807) is 0 Å². The third-order valence-corrected chi connectivity index (χ3v) is 5.70. The van der Waals surface area contributed by atoms with Gasteiger partial charge < -0.3 is 25.1 Å². The minimum Gasteiger partial charge on any atom is -0.454 e. The van der Waals surface area contributed by atoms with Crippen molar-refractivity contribution in [3.63, 3.8) is 0 Å². The SMILES string of the molecule is CC(C)(C)CNCCn1c(Cc2cc3c(cc2I)OCO3)nc2c(N)ncnc21. The number of nitrogens with one attached hydrogen (secondary N) is 1. The lowest BCUT2D eigenvalue weighted by Gasteiger charge is -2.19. The Bertz CT molecular complexity index is 1040. The van der Waals surface area contributed by atoms with Crippen molar-refractivity contribution >= 4 is 39.6 Å². The van der Waals surface area contributed by atoms with Crippen molar-refractivity contribution in [2.45, 2.75) is 33.7 Å². The summed E-state index contributed by atoms with van der Waals surface area (Å²) in [4.78, 5) is 13.3. The third-order valence-electron chi connectivity index (χ3n) is 4.70. The number of aromatic nitrogens is 4. The summed E-state index contributed by atoms with van der Waals surface area (Å²) >= 11 is 2.32. The van der Waals surface area contributed by atoms with E-state index in [1.807, 2.05) is 12.1 Å². The van der Waals surface area contributed by atoms with E-state index >= 15 is 0 Å². The fourth-order valence-corrected chi connectivity index (χ4v) is 3.92. The zero-order valence-corrected chi connectivity index (χ0v) is 19.0. The van der Waals surface area contributed by atoms with Crippen LogP contribution in [0.1, 0.15) is 32.2 Å². The van der Waals surface area contributed by atoms with E-state index in [-0.39, 0.29) is 12.2 Å². The zero-order chi connectivity index (χ0) is 20.6. The van der Waals surface area contributed by atoms with Gasteiger partial charge in [-0.05, 0) is 45.7 Å². The molecule has 29 heavy (non-hydrogen) atoms. The topological polar surface area (TPSA) is 100 Å². The van der Waals surface area contributed by atoms with Crippen LogP contribution in [-0.4, -0.2) is 39.4 Å². The van der Waals surface area contributed by atoms with Crippen LogP contribution in [0, 0.1) is 8.99 Å². The summed E-state index contributed by atoms with van der Waals surface area (Å²) in [6.45, 7) is 9.41. The molecular weight excluding hydrogens is 483 g/mol. The van der Waals surface area contributed by atoms with E-state index in [1.165, 1.54) is 6.33 Å². The van der Waals surface area contributed by atoms with Gasteiger partial charge >= 0.3 is 0 Å². The summed E-state index contributed by atoms with van der Waals surface area (Å²) in [5, 5.41) is 3.52. The number of nitrogen functional groups attached to an aromatic ring is 1. The molecule has 0 bridgehead atoms. The second-order valence-electron chi connectivity index (χ2n) is 8.32. The van der Waals surface area contributed by atoms with Gasteiger partial charge in [-0.15, -0.1) is 0 Å². The number of nitrogens with two attached hydrogens (primary N) is 1. The first-order chi connectivity index (χ1) is 13.8. The maximum Gasteiger partial charge on any atom is 0.231 e. The standard InChI is InChI=1S/C20H25IN6O2/c1-20(2,3)9-23-4-5-27-16(26-17-18(22)24-10-25-19(17)27)7-12-6-14-15(8-13(12)21)29-11-28-14/h6,8,10,23H,4-5,7,9,11H2,1-3H3,(H2,22,24,25). The molecule has 8 nitrogen and oxygen atoms in total. The second kappa shape index (κ2) is 7.94. The van der Waals surface area contributed by atoms with Crippen LogP contribution in [0.3, 0.4) is 0 Å². The van der Waals surface area contributed by atoms with Crippen molar-refractivity contribution < 1.29 is 9.47 Å². The number of nitrogens with zero attached hydrogens (tertiary/aromatic N) is 4. The fraction of sp³-hybridized carbons (Fsp3) is 0.450. The van der Waals surface area contributed by atoms with Crippen molar-refractivity contribution in [1.29, 1.82) is 0 Å². The molecule has 4 rings (SSSR count). The molecule has 0 amide bonds. The van der Waals surface area contributed by atoms with Crippen LogP contribution in [0.2, 0.25) is 0 Å². The van der Waals surface area contributed by atoms with Gasteiger partial charge in [-0.2, -0.15) is 0 Å². The van der Waals surface area contributed by atoms with Gasteiger partial charge in [0.15, 0.2) is 28.5 Å². The van der Waals surface area contributed by atoms with Crippen molar-refractivity contribution in [3.8, 4) is 11.5 Å². The van der Waals surface area contributed by atoms with E-state index in [0.717, 1.165) is 51.7 Å². The van der Waals surface area contributed by atoms with Gasteiger partial charge in [0.1, 0.15) is 12.2 Å². The van der Waals surface area contributed by atoms with E-state index in [4.69, 9.17) is 20.2 Å². The van der Waals surface area contributed by atoms with Gasteiger partial charge in [-0.1, -0.05) is 20.8 Å². The van der Waals surface area contributed by atoms with Crippen LogP contribution in [0.4, 0.5) is 5.82 Å². The van der Waals surface area contributed by atoms with Crippen LogP contribution < -0.4 is 20.5 Å². The highest BCUT2D eigenvalue weighted by Crippen LogP contribution is 2.36. The first kappa shape index (κ1) is 20.1. The van der Waals surface area contributed by atoms with Gasteiger partial charge in [0, 0.05) is 29.6 Å². The molecule has 9 heteroatoms. The van der Waals surface area contributed by atoms with Crippen LogP contribution in [0.15, 0.2) is 18.5 Å². The molecule has 154 valence electrons. The van der Waals surface area contributed by atoms with E-state index in [2.05, 4.69) is 63.2 Å². The second-order valence-corrected chi connectivity index (χ2v) is 9.48. The first-order valence-corrected chi connectivity index (χ1v) is 10.6. The highest BCUT2D eigenvalue weighted by molar-refractivity contribution is 14.1. The lowest BCUT2D eigenvalue weighted by Crippen LogP contribution is -2.30. The molecule has 2 aromatic heterocycles. The number of fused-ring (bicyclic) bond motifs is 2. The van der Waals surface area contributed by atoms with Crippen LogP contribution in [0.25, 0.3) is 11.2 Å². The molecule has 0 aliphatic carbocycles. The number of imidazole rings is 1. The number of hydrogen-bond donors (Lipinski definition) is 2. The minimum absolute atomic E-state index is 0.231. The van der Waals surface area contributed by atoms with Gasteiger partial charge in [0.2, 0.25) is 6.79 Å². The highest BCUT2D eigenvalue weighted by atomic mass is 127. The Morgan fingerprint density at radius 1 is 1.21 bits per heavy atom. The van der Waals surface area contributed by atoms with Crippen LogP contribution >= 0.6 is 22.6 Å². The van der Waals surface area contributed by atoms with Crippen molar-refractivity contribution in [3.05, 3.63) is 33.4 Å². The molecule has 0 fully saturated rings. The van der Waals surface area contributed by atoms with E-state index < -0.39 is 0 Å². The molecule has 0 unspecified atom stereocenters. The zero-order valence-electron chi connectivity index (χ0n) is 16.8. The Hall–Kier alpha value is -2.14. The molecule has 3 N–H and O–H groups in total. The Balaban J connectivity index is 1.64. The summed E-state index contributed by atoms with van der Waals surface area (Å²) in [6.07, 6.45) is 2.14. The Morgan fingerprint density at radius 3 is 2.72 bits per heavy atom. The maximum absolute atomic E-state index is 6.07. The number of benzene rings is 1. The third kappa shape index (κ3) is 4.40. The Kier molecular flexibility index (Phi) is 5.52. The molecule has 1 aliphatic rings. The largest absolute Gasteiger partial charge is 0.454 e. The summed E-state index contributed by atoms with van der Waals surface area (Å²) in [5.74, 6) is 2.86. The Morgan fingerprint density at radius 2 is 1.97 bits per heavy atom. The van der Waals surface area contributed by atoms with Gasteiger partial charge in [-0.25, -0.2) is 15.0 Å². The molecule has 0 radical (unpaired) electrons. The monoisotopic (exact) mass is 508 g/mol. The normalized spacial score (nSPS) is 13.4. The number of anilines is 1. The molecule has 3 aromatic rings. The highest BCUT2D eigenvalue weighted by Gasteiger charge is 2.20. The maximum atomic E-state index is 6.07. The molecule has 0 spiro atoms. The molecule has 0 saturated heterocycles. The van der Waals surface area contributed by atoms with Crippen molar-refractivity contribution in [2.75, 3.05) is 25.6 Å². The average molecular weight is 508 g/mol. The number of rotatable bonds is 6. The summed E-state index contributed by atoms with van der Waals surface area (Å²) < 4.78 is 14.3. The van der Waals surface area contributed by atoms with Crippen molar-refractivity contribution in [1.82, 2.24) is 24.8 Å². The molecule has 0 atom stereocenters. The molecule has 1 aliphatic heterocycles. The van der Waals surface area contributed by atoms with Crippen molar-refractivity contribution in [2.24, 2.45) is 5.41 Å². The molecule has 0 saturated carbocycles. The van der Waals surface area contributed by atoms with Crippen LogP contribution in [0.5, 0.6) is 11.5 Å². The smallest absolute Gasteiger partial charge is 0.231 e. The summed E-state index contributed by atoms with van der Waals surface area (Å²) in [7, 11) is 0. The average Bonchev–Trinajstić information content (AvgIpc) is 3.23. The fourth-order valence-electron chi connectivity index (χ4n) is 3.29. The first-order valence-electron chi connectivity index (χ1n) is 9.56. The lowest BCUT2D eigenvalue weighted by atomic mass is 9.97. The molecule has 1 aromatic carbocycles. The predicted molar refractivity (Wildman–Crippen MR) is 120 cm³/mol. The molecular formula is C20H25IN6O2. The van der Waals surface area contributed by atoms with Gasteiger partial charge in [0.05, 0.1) is 0 Å². The number of ether oxygens (including phenoxy) is 2. The predicted octanol–water partition coefficient (Wildman–Crippen LogP) is 2.97. The quantitative estimate of drug-likeness (QED) is 0.390. The molecule has 3 heterocycles. The van der Waals surface area contributed by atoms with E-state index in [0.29, 0.717) is 17.8 Å². The van der Waals surface area contributed by atoms with Crippen LogP contribution in [-0.2, 0) is 13.0 Å². The summed E-state index contributed by atoms with van der Waals surface area (Å²) in [6, 6.07) is 4.03. The number of hydrogen-bond acceptors (Lipinski definition) is 7. The number of halogens is 1. The lowest BCUT2D eigenvalue weighted by molar-refractivity contribution is 0.174. The van der Waals surface area contributed by atoms with Gasteiger partial charge in [-0.3, -0.25) is 0 Å². The minimum atomic E-state index is 0.231.